The molecule has 134 valence electrons. The topological polar surface area (TPSA) is 54.9 Å². The van der Waals surface area contributed by atoms with Crippen LogP contribution in [0.25, 0.3) is 0 Å². The molecule has 2 saturated heterocycles. The summed E-state index contributed by atoms with van der Waals surface area (Å²) >= 11 is 5.95. The maximum Gasteiger partial charge on any atom is 0.191 e. The Morgan fingerprint density at radius 1 is 1.42 bits per heavy atom. The Hall–Kier alpha value is -0.570. The smallest absolute Gasteiger partial charge is 0.191 e. The van der Waals surface area contributed by atoms with Crippen LogP contribution in [0.1, 0.15) is 24.8 Å². The first-order valence-electron chi connectivity index (χ1n) is 8.19. The highest BCUT2D eigenvalue weighted by atomic mass is 127. The number of nitrogens with zero attached hydrogens (tertiary/aromatic N) is 1. The zero-order chi connectivity index (χ0) is 16.1. The molecule has 0 aliphatic carbocycles. The third kappa shape index (κ3) is 5.47. The van der Waals surface area contributed by atoms with Crippen LogP contribution in [0.4, 0.5) is 0 Å². The van der Waals surface area contributed by atoms with Gasteiger partial charge >= 0.3 is 0 Å². The molecular formula is C17H25ClIN3O2. The van der Waals surface area contributed by atoms with Crippen LogP contribution in [0, 0.1) is 0 Å². The predicted octanol–water partition coefficient (Wildman–Crippen LogP) is 2.96. The van der Waals surface area contributed by atoms with Crippen molar-refractivity contribution in [2.75, 3.05) is 20.2 Å². The summed E-state index contributed by atoms with van der Waals surface area (Å²) in [7, 11) is 1.79. The Bertz CT molecular complexity index is 558. The second-order valence-corrected chi connectivity index (χ2v) is 6.48. The maximum absolute atomic E-state index is 5.95. The minimum atomic E-state index is 0. The average molecular weight is 466 g/mol. The number of ether oxygens (including phenoxy) is 2. The van der Waals surface area contributed by atoms with Gasteiger partial charge in [0.25, 0.3) is 0 Å². The first-order chi connectivity index (χ1) is 11.2. The van der Waals surface area contributed by atoms with Gasteiger partial charge < -0.3 is 20.1 Å². The van der Waals surface area contributed by atoms with E-state index in [0.717, 1.165) is 29.4 Å². The van der Waals surface area contributed by atoms with E-state index < -0.39 is 0 Å². The number of aliphatic imine (C=N–C) groups is 1. The molecule has 7 heteroatoms. The van der Waals surface area contributed by atoms with Crippen molar-refractivity contribution in [1.29, 1.82) is 0 Å². The molecule has 0 radical (unpaired) electrons. The number of rotatable bonds is 6. The molecule has 0 aromatic heterocycles. The number of hydrogen-bond donors (Lipinski definition) is 2. The summed E-state index contributed by atoms with van der Waals surface area (Å²) < 4.78 is 11.5. The predicted molar refractivity (Wildman–Crippen MR) is 107 cm³/mol. The lowest BCUT2D eigenvalue weighted by atomic mass is 9.96. The van der Waals surface area contributed by atoms with Crippen LogP contribution >= 0.6 is 35.6 Å². The van der Waals surface area contributed by atoms with Crippen molar-refractivity contribution in [2.45, 2.75) is 44.1 Å². The van der Waals surface area contributed by atoms with Gasteiger partial charge in [0.05, 0.1) is 31.5 Å². The van der Waals surface area contributed by atoms with Gasteiger partial charge in [0, 0.05) is 18.6 Å². The molecule has 3 unspecified atom stereocenters. The molecule has 2 aliphatic rings. The molecule has 2 heterocycles. The third-order valence-electron chi connectivity index (χ3n) is 4.35. The zero-order valence-corrected chi connectivity index (χ0v) is 16.9. The lowest BCUT2D eigenvalue weighted by Crippen LogP contribution is -2.48. The lowest BCUT2D eigenvalue weighted by molar-refractivity contribution is 0.0991. The number of nitrogens with one attached hydrogen (secondary N) is 2. The number of halogens is 2. The van der Waals surface area contributed by atoms with E-state index in [2.05, 4.69) is 15.6 Å². The van der Waals surface area contributed by atoms with Crippen molar-refractivity contribution >= 4 is 41.5 Å². The normalized spacial score (nSPS) is 25.4. The van der Waals surface area contributed by atoms with Crippen LogP contribution in [-0.4, -0.2) is 44.4 Å². The molecule has 2 bridgehead atoms. The molecular weight excluding hydrogens is 441 g/mol. The van der Waals surface area contributed by atoms with Gasteiger partial charge in [0.1, 0.15) is 0 Å². The van der Waals surface area contributed by atoms with Crippen molar-refractivity contribution in [3.8, 4) is 0 Å². The maximum atomic E-state index is 5.95. The first-order valence-corrected chi connectivity index (χ1v) is 8.57. The van der Waals surface area contributed by atoms with Crippen LogP contribution in [0.2, 0.25) is 5.02 Å². The highest BCUT2D eigenvalue weighted by molar-refractivity contribution is 14.0. The number of guanidine groups is 1. The Kier molecular flexibility index (Phi) is 8.06. The summed E-state index contributed by atoms with van der Waals surface area (Å²) in [5.41, 5.74) is 1.08. The molecule has 2 aliphatic heterocycles. The van der Waals surface area contributed by atoms with Crippen molar-refractivity contribution in [2.24, 2.45) is 4.99 Å². The molecule has 5 nitrogen and oxygen atoms in total. The largest absolute Gasteiger partial charge is 0.375 e. The van der Waals surface area contributed by atoms with Crippen LogP contribution in [-0.2, 0) is 16.1 Å². The Labute approximate surface area is 165 Å². The molecule has 0 amide bonds. The van der Waals surface area contributed by atoms with E-state index in [9.17, 15) is 0 Å². The second kappa shape index (κ2) is 9.79. The third-order valence-corrected chi connectivity index (χ3v) is 4.58. The van der Waals surface area contributed by atoms with Gasteiger partial charge in [-0.1, -0.05) is 23.7 Å². The van der Waals surface area contributed by atoms with Crippen LogP contribution in [0.15, 0.2) is 29.3 Å². The van der Waals surface area contributed by atoms with Crippen LogP contribution in [0.3, 0.4) is 0 Å². The summed E-state index contributed by atoms with van der Waals surface area (Å²) in [4.78, 5) is 4.27. The van der Waals surface area contributed by atoms with Gasteiger partial charge in [0.2, 0.25) is 0 Å². The van der Waals surface area contributed by atoms with Gasteiger partial charge in [-0.2, -0.15) is 0 Å². The quantitative estimate of drug-likeness (QED) is 0.294. The Morgan fingerprint density at radius 3 is 2.96 bits per heavy atom. The van der Waals surface area contributed by atoms with E-state index in [4.69, 9.17) is 21.1 Å². The van der Waals surface area contributed by atoms with E-state index in [1.165, 1.54) is 6.42 Å². The van der Waals surface area contributed by atoms with Gasteiger partial charge in [-0.15, -0.1) is 24.0 Å². The molecule has 1 aromatic rings. The monoisotopic (exact) mass is 465 g/mol. The molecule has 0 saturated carbocycles. The minimum Gasteiger partial charge on any atom is -0.375 e. The molecule has 24 heavy (non-hydrogen) atoms. The van der Waals surface area contributed by atoms with Crippen molar-refractivity contribution in [3.05, 3.63) is 34.9 Å². The molecule has 3 atom stereocenters. The van der Waals surface area contributed by atoms with Crippen LogP contribution < -0.4 is 10.6 Å². The minimum absolute atomic E-state index is 0. The van der Waals surface area contributed by atoms with E-state index in [1.54, 1.807) is 7.05 Å². The Balaban J connectivity index is 0.00000208. The highest BCUT2D eigenvalue weighted by Gasteiger charge is 2.41. The molecule has 2 fully saturated rings. The summed E-state index contributed by atoms with van der Waals surface area (Å²) in [6.07, 6.45) is 4.22. The highest BCUT2D eigenvalue weighted by Crippen LogP contribution is 2.34. The van der Waals surface area contributed by atoms with E-state index in [1.807, 2.05) is 24.3 Å². The fourth-order valence-electron chi connectivity index (χ4n) is 3.22. The number of hydrogen-bond acceptors (Lipinski definition) is 3. The number of fused-ring (bicyclic) bond motifs is 2. The molecule has 0 spiro atoms. The summed E-state index contributed by atoms with van der Waals surface area (Å²) in [6.45, 7) is 1.89. The standard InChI is InChI=1S/C17H24ClN3O2.HI/c1-19-17(21-15-10-14-5-6-16(15)23-14)20-7-8-22-11-12-3-2-4-13(18)9-12;/h2-4,9,14-16H,5-8,10-11H2,1H3,(H2,19,20,21);1H. The fraction of sp³-hybridized carbons (Fsp3) is 0.588. The average Bonchev–Trinajstić information content (AvgIpc) is 3.16. The van der Waals surface area contributed by atoms with Gasteiger partial charge in [-0.25, -0.2) is 0 Å². The summed E-state index contributed by atoms with van der Waals surface area (Å²) in [5.74, 6) is 0.817. The summed E-state index contributed by atoms with van der Waals surface area (Å²) in [6, 6.07) is 8.11. The second-order valence-electron chi connectivity index (χ2n) is 6.04. The van der Waals surface area contributed by atoms with Gasteiger partial charge in [-0.3, -0.25) is 4.99 Å². The van der Waals surface area contributed by atoms with Gasteiger partial charge in [0.15, 0.2) is 5.96 Å². The molecule has 3 rings (SSSR count). The fourth-order valence-corrected chi connectivity index (χ4v) is 3.43. The van der Waals surface area contributed by atoms with E-state index >= 15 is 0 Å². The summed E-state index contributed by atoms with van der Waals surface area (Å²) in [5, 5.41) is 7.48. The van der Waals surface area contributed by atoms with Crippen molar-refractivity contribution in [1.82, 2.24) is 10.6 Å². The van der Waals surface area contributed by atoms with Crippen molar-refractivity contribution < 1.29 is 9.47 Å². The Morgan fingerprint density at radius 2 is 2.29 bits per heavy atom. The SMILES string of the molecule is CN=C(NCCOCc1cccc(Cl)c1)NC1CC2CCC1O2.I. The van der Waals surface area contributed by atoms with Gasteiger partial charge in [-0.05, 0) is 37.0 Å². The van der Waals surface area contributed by atoms with Crippen molar-refractivity contribution in [3.63, 3.8) is 0 Å². The molecule has 1 aromatic carbocycles. The molecule has 2 N–H and O–H groups in total. The first kappa shape index (κ1) is 19.8. The lowest BCUT2D eigenvalue weighted by Gasteiger charge is -2.22. The zero-order valence-electron chi connectivity index (χ0n) is 13.8. The van der Waals surface area contributed by atoms with Crippen LogP contribution in [0.5, 0.6) is 0 Å². The number of benzene rings is 1. The van der Waals surface area contributed by atoms with E-state index in [-0.39, 0.29) is 24.0 Å². The van der Waals surface area contributed by atoms with E-state index in [0.29, 0.717) is 38.0 Å².